The predicted octanol–water partition coefficient (Wildman–Crippen LogP) is 1.65. The van der Waals surface area contributed by atoms with E-state index in [0.717, 1.165) is 5.69 Å². The Bertz CT molecular complexity index is 359. The van der Waals surface area contributed by atoms with Gasteiger partial charge < -0.3 is 4.90 Å². The molecule has 90 valence electrons. The number of hydrogen-bond donors (Lipinski definition) is 0. The largest absolute Gasteiger partial charge is 0.335 e. The van der Waals surface area contributed by atoms with Gasteiger partial charge in [-0.25, -0.2) is 0 Å². The molecule has 1 heterocycles. The summed E-state index contributed by atoms with van der Waals surface area (Å²) in [5, 5.41) is 4.14. The van der Waals surface area contributed by atoms with E-state index in [-0.39, 0.29) is 5.91 Å². The molecule has 0 radical (unpaired) electrons. The highest BCUT2D eigenvalue weighted by molar-refractivity contribution is 6.18. The SMILES string of the molecule is Cc1cc(C(=O)N(CCCl)CCCl)n(C)n1. The van der Waals surface area contributed by atoms with E-state index in [2.05, 4.69) is 5.10 Å². The number of aryl methyl sites for hydroxylation is 2. The second kappa shape index (κ2) is 6.11. The first kappa shape index (κ1) is 13.3. The lowest BCUT2D eigenvalue weighted by Crippen LogP contribution is -2.35. The van der Waals surface area contributed by atoms with E-state index in [1.807, 2.05) is 6.92 Å². The zero-order valence-corrected chi connectivity index (χ0v) is 10.9. The highest BCUT2D eigenvalue weighted by Crippen LogP contribution is 2.07. The molecule has 0 saturated heterocycles. The van der Waals surface area contributed by atoms with E-state index >= 15 is 0 Å². The highest BCUT2D eigenvalue weighted by Gasteiger charge is 2.18. The van der Waals surface area contributed by atoms with Crippen LogP contribution in [0.3, 0.4) is 0 Å². The number of carbonyl (C=O) groups is 1. The Balaban J connectivity index is 2.85. The van der Waals surface area contributed by atoms with Gasteiger partial charge in [0, 0.05) is 31.9 Å². The van der Waals surface area contributed by atoms with Crippen molar-refractivity contribution in [2.45, 2.75) is 6.92 Å². The van der Waals surface area contributed by atoms with Gasteiger partial charge in [-0.05, 0) is 13.0 Å². The van der Waals surface area contributed by atoms with Gasteiger partial charge in [0.15, 0.2) is 0 Å². The summed E-state index contributed by atoms with van der Waals surface area (Å²) in [6.07, 6.45) is 0. The first-order chi connectivity index (χ1) is 7.60. The van der Waals surface area contributed by atoms with Crippen LogP contribution in [0, 0.1) is 6.92 Å². The van der Waals surface area contributed by atoms with Crippen LogP contribution in [-0.4, -0.2) is 45.4 Å². The van der Waals surface area contributed by atoms with Crippen molar-refractivity contribution >= 4 is 29.1 Å². The van der Waals surface area contributed by atoms with Crippen LogP contribution in [0.5, 0.6) is 0 Å². The lowest BCUT2D eigenvalue weighted by atomic mass is 10.3. The summed E-state index contributed by atoms with van der Waals surface area (Å²) in [7, 11) is 1.75. The van der Waals surface area contributed by atoms with Gasteiger partial charge >= 0.3 is 0 Å². The molecule has 0 atom stereocenters. The first-order valence-corrected chi connectivity index (χ1v) is 6.09. The van der Waals surface area contributed by atoms with Crippen molar-refractivity contribution in [3.05, 3.63) is 17.5 Å². The van der Waals surface area contributed by atoms with Crippen molar-refractivity contribution in [1.29, 1.82) is 0 Å². The molecule has 0 fully saturated rings. The van der Waals surface area contributed by atoms with Crippen molar-refractivity contribution in [3.63, 3.8) is 0 Å². The lowest BCUT2D eigenvalue weighted by molar-refractivity contribution is 0.0764. The van der Waals surface area contributed by atoms with Crippen LogP contribution in [0.1, 0.15) is 16.2 Å². The number of aromatic nitrogens is 2. The van der Waals surface area contributed by atoms with E-state index < -0.39 is 0 Å². The Labute approximate surface area is 105 Å². The number of hydrogen-bond acceptors (Lipinski definition) is 2. The smallest absolute Gasteiger partial charge is 0.272 e. The third kappa shape index (κ3) is 3.12. The zero-order chi connectivity index (χ0) is 12.1. The Kier molecular flexibility index (Phi) is 5.09. The molecule has 0 saturated carbocycles. The van der Waals surface area contributed by atoms with Crippen LogP contribution in [0.4, 0.5) is 0 Å². The molecule has 1 aromatic rings. The first-order valence-electron chi connectivity index (χ1n) is 5.02. The van der Waals surface area contributed by atoms with Crippen LogP contribution in [0.2, 0.25) is 0 Å². The van der Waals surface area contributed by atoms with Gasteiger partial charge in [-0.1, -0.05) is 0 Å². The molecular formula is C10H15Cl2N3O. The molecule has 0 unspecified atom stereocenters. The zero-order valence-electron chi connectivity index (χ0n) is 9.41. The van der Waals surface area contributed by atoms with Crippen LogP contribution < -0.4 is 0 Å². The van der Waals surface area contributed by atoms with Crippen molar-refractivity contribution in [3.8, 4) is 0 Å². The maximum Gasteiger partial charge on any atom is 0.272 e. The molecule has 16 heavy (non-hydrogen) atoms. The number of amides is 1. The fourth-order valence-electron chi connectivity index (χ4n) is 1.49. The number of carbonyl (C=O) groups excluding carboxylic acids is 1. The second-order valence-electron chi connectivity index (χ2n) is 3.46. The quantitative estimate of drug-likeness (QED) is 0.758. The summed E-state index contributed by atoms with van der Waals surface area (Å²) in [6.45, 7) is 2.85. The van der Waals surface area contributed by atoms with Crippen LogP contribution in [-0.2, 0) is 7.05 Å². The molecular weight excluding hydrogens is 249 g/mol. The average molecular weight is 264 g/mol. The third-order valence-electron chi connectivity index (χ3n) is 2.22. The molecule has 1 amide bonds. The normalized spacial score (nSPS) is 10.5. The Morgan fingerprint density at radius 1 is 1.44 bits per heavy atom. The van der Waals surface area contributed by atoms with Crippen LogP contribution >= 0.6 is 23.2 Å². The van der Waals surface area contributed by atoms with Crippen molar-refractivity contribution in [2.75, 3.05) is 24.8 Å². The van der Waals surface area contributed by atoms with Crippen LogP contribution in [0.25, 0.3) is 0 Å². The highest BCUT2D eigenvalue weighted by atomic mass is 35.5. The van der Waals surface area contributed by atoms with Gasteiger partial charge in [0.25, 0.3) is 5.91 Å². The van der Waals surface area contributed by atoms with Crippen molar-refractivity contribution < 1.29 is 4.79 Å². The van der Waals surface area contributed by atoms with E-state index in [1.54, 1.807) is 22.7 Å². The van der Waals surface area contributed by atoms with E-state index in [9.17, 15) is 4.79 Å². The number of rotatable bonds is 5. The molecule has 0 aromatic carbocycles. The summed E-state index contributed by atoms with van der Waals surface area (Å²) >= 11 is 11.3. The lowest BCUT2D eigenvalue weighted by Gasteiger charge is -2.20. The summed E-state index contributed by atoms with van der Waals surface area (Å²) < 4.78 is 1.58. The molecule has 4 nitrogen and oxygen atoms in total. The topological polar surface area (TPSA) is 38.1 Å². The summed E-state index contributed by atoms with van der Waals surface area (Å²) in [6, 6.07) is 1.76. The fourth-order valence-corrected chi connectivity index (χ4v) is 1.90. The molecule has 0 aliphatic rings. The van der Waals surface area contributed by atoms with E-state index in [0.29, 0.717) is 30.5 Å². The minimum atomic E-state index is -0.0793. The molecule has 0 N–H and O–H groups in total. The maximum atomic E-state index is 12.1. The van der Waals surface area contributed by atoms with Gasteiger partial charge in [0.05, 0.1) is 5.69 Å². The van der Waals surface area contributed by atoms with Crippen LogP contribution in [0.15, 0.2) is 6.07 Å². The van der Waals surface area contributed by atoms with Crippen molar-refractivity contribution in [1.82, 2.24) is 14.7 Å². The Morgan fingerprint density at radius 2 is 2.00 bits per heavy atom. The summed E-state index contributed by atoms with van der Waals surface area (Å²) in [4.78, 5) is 13.7. The summed E-state index contributed by atoms with van der Waals surface area (Å²) in [5.74, 6) is 0.725. The summed E-state index contributed by atoms with van der Waals surface area (Å²) in [5.41, 5.74) is 1.38. The average Bonchev–Trinajstić information content (AvgIpc) is 2.56. The minimum absolute atomic E-state index is 0.0793. The number of nitrogens with zero attached hydrogens (tertiary/aromatic N) is 3. The standard InChI is InChI=1S/C10H15Cl2N3O/c1-8-7-9(14(2)13-8)10(16)15(5-3-11)6-4-12/h7H,3-6H2,1-2H3. The van der Waals surface area contributed by atoms with Gasteiger partial charge in [-0.15, -0.1) is 23.2 Å². The molecule has 6 heteroatoms. The molecule has 0 bridgehead atoms. The Hall–Kier alpha value is -0.740. The Morgan fingerprint density at radius 3 is 2.38 bits per heavy atom. The van der Waals surface area contributed by atoms with Gasteiger partial charge in [-0.2, -0.15) is 5.10 Å². The number of alkyl halides is 2. The van der Waals surface area contributed by atoms with Gasteiger partial charge in [0.1, 0.15) is 5.69 Å². The van der Waals surface area contributed by atoms with Gasteiger partial charge in [0.2, 0.25) is 0 Å². The maximum absolute atomic E-state index is 12.1. The molecule has 1 aromatic heterocycles. The minimum Gasteiger partial charge on any atom is -0.335 e. The fraction of sp³-hybridized carbons (Fsp3) is 0.600. The monoisotopic (exact) mass is 263 g/mol. The third-order valence-corrected chi connectivity index (χ3v) is 2.56. The molecule has 0 aliphatic heterocycles. The number of halogens is 2. The van der Waals surface area contributed by atoms with Gasteiger partial charge in [-0.3, -0.25) is 9.48 Å². The van der Waals surface area contributed by atoms with E-state index in [4.69, 9.17) is 23.2 Å². The molecule has 1 rings (SSSR count). The molecule has 0 spiro atoms. The second-order valence-corrected chi connectivity index (χ2v) is 4.22. The van der Waals surface area contributed by atoms with Crippen molar-refractivity contribution in [2.24, 2.45) is 7.05 Å². The molecule has 0 aliphatic carbocycles. The van der Waals surface area contributed by atoms with E-state index in [1.165, 1.54) is 0 Å². The predicted molar refractivity (Wildman–Crippen MR) is 65.3 cm³/mol.